The van der Waals surface area contributed by atoms with E-state index < -0.39 is 36.4 Å². The number of carbonyl (C=O) groups excluding carboxylic acids is 3. The molecule has 0 saturated carbocycles. The number of aromatic nitrogens is 3. The molecule has 1 saturated heterocycles. The fraction of sp³-hybridized carbons (Fsp3) is 0.455. The topological polar surface area (TPSA) is 157 Å². The van der Waals surface area contributed by atoms with Gasteiger partial charge in [0.05, 0.1) is 18.0 Å². The van der Waals surface area contributed by atoms with Gasteiger partial charge in [0.15, 0.2) is 0 Å². The van der Waals surface area contributed by atoms with E-state index in [1.165, 1.54) is 4.90 Å². The number of rotatable bonds is 11. The van der Waals surface area contributed by atoms with E-state index in [0.29, 0.717) is 36.9 Å². The Hall–Kier alpha value is -3.76. The quantitative estimate of drug-likeness (QED) is 0.360. The lowest BCUT2D eigenvalue weighted by molar-refractivity contribution is -0.141. The molecule has 2 heterocycles. The van der Waals surface area contributed by atoms with Gasteiger partial charge in [-0.15, -0.1) is 5.10 Å². The molecule has 4 N–H and O–H groups in total. The molecule has 1 aliphatic heterocycles. The van der Waals surface area contributed by atoms with Gasteiger partial charge in [0.1, 0.15) is 23.9 Å². The third-order valence-corrected chi connectivity index (χ3v) is 5.52. The summed E-state index contributed by atoms with van der Waals surface area (Å²) in [6.45, 7) is 8.23. The first-order valence-electron chi connectivity index (χ1n) is 10.7. The summed E-state index contributed by atoms with van der Waals surface area (Å²) < 4.78 is 0. The van der Waals surface area contributed by atoms with Crippen molar-refractivity contribution in [3.8, 4) is 0 Å². The highest BCUT2D eigenvalue weighted by molar-refractivity contribution is 5.93. The Morgan fingerprint density at radius 1 is 1.39 bits per heavy atom. The molecule has 0 spiro atoms. The fourth-order valence-electron chi connectivity index (χ4n) is 3.89. The second kappa shape index (κ2) is 10.2. The summed E-state index contributed by atoms with van der Waals surface area (Å²) in [7, 11) is 0. The predicted molar refractivity (Wildman–Crippen MR) is 120 cm³/mol. The SMILES string of the molecule is C=C(N[C@@H]1CCN([C@@H](CC(C)C)C(=O)N[C@H](C=O)CC(=O)O)C1=O)c1ccc2[nH]nnc2c1. The maximum Gasteiger partial charge on any atom is 0.305 e. The first-order valence-corrected chi connectivity index (χ1v) is 10.7. The molecule has 11 heteroatoms. The summed E-state index contributed by atoms with van der Waals surface area (Å²) in [4.78, 5) is 49.7. The number of hydrogen-bond donors (Lipinski definition) is 4. The van der Waals surface area contributed by atoms with Crippen LogP contribution in [-0.4, -0.2) is 74.2 Å². The Balaban J connectivity index is 1.69. The fourth-order valence-corrected chi connectivity index (χ4v) is 3.89. The van der Waals surface area contributed by atoms with Gasteiger partial charge in [-0.1, -0.05) is 31.7 Å². The summed E-state index contributed by atoms with van der Waals surface area (Å²) in [5.41, 5.74) is 2.78. The Morgan fingerprint density at radius 2 is 2.15 bits per heavy atom. The largest absolute Gasteiger partial charge is 0.481 e. The van der Waals surface area contributed by atoms with Gasteiger partial charge in [0.25, 0.3) is 0 Å². The minimum absolute atomic E-state index is 0.0962. The van der Waals surface area contributed by atoms with Gasteiger partial charge in [0, 0.05) is 12.2 Å². The van der Waals surface area contributed by atoms with Crippen LogP contribution in [0, 0.1) is 5.92 Å². The van der Waals surface area contributed by atoms with Crippen LogP contribution in [0.15, 0.2) is 24.8 Å². The summed E-state index contributed by atoms with van der Waals surface area (Å²) >= 11 is 0. The van der Waals surface area contributed by atoms with Crippen molar-refractivity contribution in [3.05, 3.63) is 30.3 Å². The molecule has 1 aromatic carbocycles. The van der Waals surface area contributed by atoms with Crippen molar-refractivity contribution in [2.24, 2.45) is 5.92 Å². The molecule has 2 amide bonds. The molecule has 0 unspecified atom stereocenters. The monoisotopic (exact) mass is 456 g/mol. The number of carbonyl (C=O) groups is 4. The van der Waals surface area contributed by atoms with E-state index in [2.05, 4.69) is 32.6 Å². The third-order valence-electron chi connectivity index (χ3n) is 5.52. The van der Waals surface area contributed by atoms with Gasteiger partial charge >= 0.3 is 5.97 Å². The summed E-state index contributed by atoms with van der Waals surface area (Å²) in [5.74, 6) is -1.89. The number of fused-ring (bicyclic) bond motifs is 1. The number of aldehydes is 1. The van der Waals surface area contributed by atoms with E-state index in [1.54, 1.807) is 0 Å². The molecule has 11 nitrogen and oxygen atoms in total. The smallest absolute Gasteiger partial charge is 0.305 e. The van der Waals surface area contributed by atoms with Crippen molar-refractivity contribution in [1.29, 1.82) is 0 Å². The number of likely N-dealkylation sites (tertiary alicyclic amines) is 1. The number of carboxylic acid groups (broad SMARTS) is 1. The van der Waals surface area contributed by atoms with Crippen molar-refractivity contribution >= 4 is 40.8 Å². The second-order valence-electron chi connectivity index (χ2n) is 8.53. The van der Waals surface area contributed by atoms with Crippen molar-refractivity contribution in [2.45, 2.75) is 51.2 Å². The van der Waals surface area contributed by atoms with Crippen molar-refractivity contribution in [1.82, 2.24) is 30.9 Å². The summed E-state index contributed by atoms with van der Waals surface area (Å²) in [6, 6.07) is 2.95. The van der Waals surface area contributed by atoms with E-state index >= 15 is 0 Å². The zero-order valence-corrected chi connectivity index (χ0v) is 18.6. The zero-order chi connectivity index (χ0) is 24.1. The number of amides is 2. The van der Waals surface area contributed by atoms with Crippen LogP contribution in [0.5, 0.6) is 0 Å². The number of hydrogen-bond acceptors (Lipinski definition) is 7. The van der Waals surface area contributed by atoms with Crippen LogP contribution in [-0.2, 0) is 19.2 Å². The lowest BCUT2D eigenvalue weighted by Gasteiger charge is -2.29. The second-order valence-corrected chi connectivity index (χ2v) is 8.53. The highest BCUT2D eigenvalue weighted by Crippen LogP contribution is 2.23. The van der Waals surface area contributed by atoms with E-state index in [1.807, 2.05) is 32.0 Å². The third kappa shape index (κ3) is 5.73. The summed E-state index contributed by atoms with van der Waals surface area (Å²) in [6.07, 6.45) is 0.729. The first kappa shape index (κ1) is 23.9. The van der Waals surface area contributed by atoms with Gasteiger partial charge in [-0.2, -0.15) is 0 Å². The van der Waals surface area contributed by atoms with Gasteiger partial charge in [-0.25, -0.2) is 0 Å². The lowest BCUT2D eigenvalue weighted by Crippen LogP contribution is -2.52. The highest BCUT2D eigenvalue weighted by atomic mass is 16.4. The van der Waals surface area contributed by atoms with Crippen LogP contribution in [0.2, 0.25) is 0 Å². The molecule has 2 aromatic rings. The van der Waals surface area contributed by atoms with Gasteiger partial charge in [0.2, 0.25) is 11.8 Å². The van der Waals surface area contributed by atoms with E-state index in [4.69, 9.17) is 5.11 Å². The van der Waals surface area contributed by atoms with Crippen molar-refractivity contribution < 1.29 is 24.3 Å². The maximum atomic E-state index is 13.2. The number of nitrogens with one attached hydrogen (secondary N) is 3. The average molecular weight is 457 g/mol. The molecular formula is C22H28N6O5. The molecular weight excluding hydrogens is 428 g/mol. The molecule has 0 aliphatic carbocycles. The highest BCUT2D eigenvalue weighted by Gasteiger charge is 2.39. The van der Waals surface area contributed by atoms with Gasteiger partial charge < -0.3 is 25.4 Å². The number of H-pyrrole nitrogens is 1. The normalized spacial score (nSPS) is 17.7. The average Bonchev–Trinajstić information content (AvgIpc) is 3.37. The Labute approximate surface area is 190 Å². The predicted octanol–water partition coefficient (Wildman–Crippen LogP) is 0.692. The van der Waals surface area contributed by atoms with Crippen LogP contribution in [0.25, 0.3) is 16.7 Å². The van der Waals surface area contributed by atoms with Crippen LogP contribution in [0.1, 0.15) is 38.7 Å². The van der Waals surface area contributed by atoms with Crippen molar-refractivity contribution in [3.63, 3.8) is 0 Å². The van der Waals surface area contributed by atoms with Crippen LogP contribution in [0.4, 0.5) is 0 Å². The molecule has 3 atom stereocenters. The number of benzene rings is 1. The molecule has 1 fully saturated rings. The summed E-state index contributed by atoms with van der Waals surface area (Å²) in [5, 5.41) is 25.0. The number of aromatic amines is 1. The molecule has 1 aliphatic rings. The first-order chi connectivity index (χ1) is 15.7. The van der Waals surface area contributed by atoms with Gasteiger partial charge in [-0.05, 0) is 36.5 Å². The standard InChI is InChI=1S/C22H28N6O5/c1-12(2)8-19(21(32)24-15(11-29)10-20(30)31)28-7-6-17(22(28)33)23-13(3)14-4-5-16-18(9-14)26-27-25-16/h4-5,9,11-12,15,17,19,23H,3,6-8,10H2,1-2H3,(H,24,32)(H,30,31)(H,25,26,27)/t15-,17+,19-/m0/s1. The Kier molecular flexibility index (Phi) is 7.41. The minimum Gasteiger partial charge on any atom is -0.481 e. The van der Waals surface area contributed by atoms with Crippen LogP contribution < -0.4 is 10.6 Å². The molecule has 176 valence electrons. The van der Waals surface area contributed by atoms with E-state index in [-0.39, 0.29) is 11.8 Å². The van der Waals surface area contributed by atoms with E-state index in [0.717, 1.165) is 11.1 Å². The lowest BCUT2D eigenvalue weighted by atomic mass is 10.0. The maximum absolute atomic E-state index is 13.2. The zero-order valence-electron chi connectivity index (χ0n) is 18.6. The molecule has 0 radical (unpaired) electrons. The van der Waals surface area contributed by atoms with Crippen molar-refractivity contribution in [2.75, 3.05) is 6.54 Å². The molecule has 3 rings (SSSR count). The minimum atomic E-state index is -1.20. The molecule has 0 bridgehead atoms. The van der Waals surface area contributed by atoms with Crippen LogP contribution >= 0.6 is 0 Å². The number of aliphatic carboxylic acids is 1. The molecule has 33 heavy (non-hydrogen) atoms. The van der Waals surface area contributed by atoms with Gasteiger partial charge in [-0.3, -0.25) is 19.5 Å². The number of nitrogens with zero attached hydrogens (tertiary/aromatic N) is 3. The van der Waals surface area contributed by atoms with Crippen LogP contribution in [0.3, 0.4) is 0 Å². The Bertz CT molecular complexity index is 1060. The Morgan fingerprint density at radius 3 is 2.82 bits per heavy atom. The van der Waals surface area contributed by atoms with E-state index in [9.17, 15) is 19.2 Å². The number of carboxylic acids is 1. The molecule has 1 aromatic heterocycles.